The summed E-state index contributed by atoms with van der Waals surface area (Å²) >= 11 is 0. The summed E-state index contributed by atoms with van der Waals surface area (Å²) in [5.41, 5.74) is 0. The van der Waals surface area contributed by atoms with E-state index in [1.807, 2.05) is 0 Å². The molecule has 0 aromatic rings. The van der Waals surface area contributed by atoms with Gasteiger partial charge in [0.05, 0.1) is 13.3 Å². The average Bonchev–Trinajstić information content (AvgIpc) is 2.33. The molecule has 0 N–H and O–H groups in total. The van der Waals surface area contributed by atoms with Crippen molar-refractivity contribution < 1.29 is 4.74 Å². The smallest absolute Gasteiger partial charge is 0.0994 e. The molecule has 58 valence electrons. The monoisotopic (exact) mass is 141 g/mol. The average molecular weight is 141 g/mol. The Morgan fingerprint density at radius 1 is 1.50 bits per heavy atom. The van der Waals surface area contributed by atoms with Crippen molar-refractivity contribution in [3.63, 3.8) is 0 Å². The first kappa shape index (κ1) is 6.62. The van der Waals surface area contributed by atoms with E-state index in [9.17, 15) is 0 Å². The molecule has 2 heterocycles. The van der Waals surface area contributed by atoms with Crippen molar-refractivity contribution >= 4 is 0 Å². The van der Waals surface area contributed by atoms with Crippen LogP contribution in [0.2, 0.25) is 0 Å². The Morgan fingerprint density at radius 2 is 2.40 bits per heavy atom. The van der Waals surface area contributed by atoms with Crippen LogP contribution in [0.1, 0.15) is 19.8 Å². The van der Waals surface area contributed by atoms with Crippen molar-refractivity contribution in [2.45, 2.75) is 25.8 Å². The molecule has 2 atom stereocenters. The molecule has 0 amide bonds. The molecule has 2 nitrogen and oxygen atoms in total. The highest BCUT2D eigenvalue weighted by Crippen LogP contribution is 2.25. The Morgan fingerprint density at radius 3 is 3.30 bits per heavy atom. The summed E-state index contributed by atoms with van der Waals surface area (Å²) in [6.45, 7) is 5.46. The van der Waals surface area contributed by atoms with E-state index in [1.165, 1.54) is 19.4 Å². The SMILES string of the molecule is C[C@H]1CCN2COC[C@H]2C1. The molecular formula is C8H15NO. The van der Waals surface area contributed by atoms with E-state index < -0.39 is 0 Å². The summed E-state index contributed by atoms with van der Waals surface area (Å²) in [5, 5.41) is 0. The van der Waals surface area contributed by atoms with Crippen LogP contribution >= 0.6 is 0 Å². The molecule has 0 aliphatic carbocycles. The van der Waals surface area contributed by atoms with Crippen molar-refractivity contribution in [3.05, 3.63) is 0 Å². The lowest BCUT2D eigenvalue weighted by molar-refractivity contribution is 0.119. The van der Waals surface area contributed by atoms with Gasteiger partial charge < -0.3 is 4.74 Å². The summed E-state index contributed by atoms with van der Waals surface area (Å²) in [4.78, 5) is 2.46. The number of ether oxygens (including phenoxy) is 1. The van der Waals surface area contributed by atoms with E-state index in [1.54, 1.807) is 0 Å². The van der Waals surface area contributed by atoms with E-state index in [0.29, 0.717) is 0 Å². The molecule has 0 unspecified atom stereocenters. The highest BCUT2D eigenvalue weighted by atomic mass is 16.5. The number of hydrogen-bond donors (Lipinski definition) is 0. The topological polar surface area (TPSA) is 12.5 Å². The second-order valence-corrected chi connectivity index (χ2v) is 3.60. The van der Waals surface area contributed by atoms with Gasteiger partial charge in [0.25, 0.3) is 0 Å². The minimum atomic E-state index is 0.753. The van der Waals surface area contributed by atoms with Gasteiger partial charge in [-0.15, -0.1) is 0 Å². The van der Waals surface area contributed by atoms with Crippen LogP contribution in [0.25, 0.3) is 0 Å². The van der Waals surface area contributed by atoms with Crippen LogP contribution in [0.4, 0.5) is 0 Å². The third-order valence-corrected chi connectivity index (χ3v) is 2.67. The van der Waals surface area contributed by atoms with E-state index in [2.05, 4.69) is 11.8 Å². The number of nitrogens with zero attached hydrogens (tertiary/aromatic N) is 1. The van der Waals surface area contributed by atoms with Gasteiger partial charge in [-0.05, 0) is 18.8 Å². The van der Waals surface area contributed by atoms with Gasteiger partial charge in [0.2, 0.25) is 0 Å². The largest absolute Gasteiger partial charge is 0.364 e. The van der Waals surface area contributed by atoms with Gasteiger partial charge in [0, 0.05) is 12.6 Å². The Balaban J connectivity index is 1.96. The maximum Gasteiger partial charge on any atom is 0.0994 e. The molecule has 2 aliphatic rings. The highest BCUT2D eigenvalue weighted by Gasteiger charge is 2.30. The normalized spacial score (nSPS) is 41.7. The Labute approximate surface area is 62.2 Å². The lowest BCUT2D eigenvalue weighted by Crippen LogP contribution is -2.38. The molecule has 2 rings (SSSR count). The number of piperidine rings is 1. The van der Waals surface area contributed by atoms with E-state index in [4.69, 9.17) is 4.74 Å². The Hall–Kier alpha value is -0.0800. The lowest BCUT2D eigenvalue weighted by atomic mass is 9.94. The summed E-state index contributed by atoms with van der Waals surface area (Å²) in [6.07, 6.45) is 2.71. The minimum absolute atomic E-state index is 0.753. The van der Waals surface area contributed by atoms with Crippen molar-refractivity contribution in [1.29, 1.82) is 0 Å². The molecule has 2 aliphatic heterocycles. The maximum atomic E-state index is 5.37. The van der Waals surface area contributed by atoms with Crippen LogP contribution in [0.15, 0.2) is 0 Å². The fraction of sp³-hybridized carbons (Fsp3) is 1.00. The summed E-state index contributed by atoms with van der Waals surface area (Å²) in [7, 11) is 0. The third kappa shape index (κ3) is 1.06. The van der Waals surface area contributed by atoms with Gasteiger partial charge in [-0.1, -0.05) is 6.92 Å². The molecule has 10 heavy (non-hydrogen) atoms. The minimum Gasteiger partial charge on any atom is -0.364 e. The van der Waals surface area contributed by atoms with Gasteiger partial charge in [-0.3, -0.25) is 4.90 Å². The van der Waals surface area contributed by atoms with Gasteiger partial charge >= 0.3 is 0 Å². The summed E-state index contributed by atoms with van der Waals surface area (Å²) in [6, 6.07) is 0.753. The number of hydrogen-bond acceptors (Lipinski definition) is 2. The standard InChI is InChI=1S/C8H15NO/c1-7-2-3-9-6-10-5-8(9)4-7/h7-8H,2-6H2,1H3/t7-,8+/m0/s1. The van der Waals surface area contributed by atoms with Crippen LogP contribution in [0, 0.1) is 5.92 Å². The van der Waals surface area contributed by atoms with E-state index in [0.717, 1.165) is 25.3 Å². The number of fused-ring (bicyclic) bond motifs is 1. The highest BCUT2D eigenvalue weighted by molar-refractivity contribution is 4.81. The fourth-order valence-electron chi connectivity index (χ4n) is 1.95. The van der Waals surface area contributed by atoms with Crippen LogP contribution in [-0.2, 0) is 4.74 Å². The van der Waals surface area contributed by atoms with Crippen LogP contribution in [0.3, 0.4) is 0 Å². The predicted molar refractivity (Wildman–Crippen MR) is 39.7 cm³/mol. The quantitative estimate of drug-likeness (QED) is 0.500. The first-order valence-corrected chi connectivity index (χ1v) is 4.18. The predicted octanol–water partition coefficient (Wildman–Crippen LogP) is 1.07. The van der Waals surface area contributed by atoms with Gasteiger partial charge in [-0.2, -0.15) is 0 Å². The molecule has 0 aromatic heterocycles. The van der Waals surface area contributed by atoms with E-state index in [-0.39, 0.29) is 0 Å². The Kier molecular flexibility index (Phi) is 1.66. The molecule has 0 spiro atoms. The number of rotatable bonds is 0. The van der Waals surface area contributed by atoms with Gasteiger partial charge in [-0.25, -0.2) is 0 Å². The molecule has 0 saturated carbocycles. The zero-order valence-electron chi connectivity index (χ0n) is 6.55. The van der Waals surface area contributed by atoms with Crippen LogP contribution in [0.5, 0.6) is 0 Å². The summed E-state index contributed by atoms with van der Waals surface area (Å²) < 4.78 is 5.37. The second-order valence-electron chi connectivity index (χ2n) is 3.60. The van der Waals surface area contributed by atoms with Crippen molar-refractivity contribution in [2.75, 3.05) is 19.9 Å². The van der Waals surface area contributed by atoms with Crippen molar-refractivity contribution in [3.8, 4) is 0 Å². The van der Waals surface area contributed by atoms with Crippen LogP contribution in [-0.4, -0.2) is 30.8 Å². The van der Waals surface area contributed by atoms with Crippen LogP contribution < -0.4 is 0 Å². The molecular weight excluding hydrogens is 126 g/mol. The molecule has 2 heteroatoms. The Bertz CT molecular complexity index is 126. The fourth-order valence-corrected chi connectivity index (χ4v) is 1.95. The first-order valence-electron chi connectivity index (χ1n) is 4.18. The van der Waals surface area contributed by atoms with Crippen molar-refractivity contribution in [2.24, 2.45) is 5.92 Å². The van der Waals surface area contributed by atoms with E-state index >= 15 is 0 Å². The molecule has 0 radical (unpaired) electrons. The molecule has 0 aromatic carbocycles. The first-order chi connectivity index (χ1) is 4.86. The maximum absolute atomic E-state index is 5.37. The summed E-state index contributed by atoms with van der Waals surface area (Å²) in [5.74, 6) is 0.919. The van der Waals surface area contributed by atoms with Gasteiger partial charge in [0.15, 0.2) is 0 Å². The lowest BCUT2D eigenvalue weighted by Gasteiger charge is -2.31. The van der Waals surface area contributed by atoms with Crippen molar-refractivity contribution in [1.82, 2.24) is 4.90 Å². The third-order valence-electron chi connectivity index (χ3n) is 2.67. The zero-order valence-corrected chi connectivity index (χ0v) is 6.55. The molecule has 0 bridgehead atoms. The molecule has 2 fully saturated rings. The molecule has 2 saturated heterocycles. The van der Waals surface area contributed by atoms with Gasteiger partial charge in [0.1, 0.15) is 0 Å². The second kappa shape index (κ2) is 2.51. The zero-order chi connectivity index (χ0) is 6.97.